The normalized spacial score (nSPS) is 15.4. The molecule has 6 nitrogen and oxygen atoms in total. The Morgan fingerprint density at radius 2 is 1.70 bits per heavy atom. The minimum Gasteiger partial charge on any atom is -0.485 e. The van der Waals surface area contributed by atoms with Crippen LogP contribution < -0.4 is 25.6 Å². The summed E-state index contributed by atoms with van der Waals surface area (Å²) < 4.78 is 11.1. The molecule has 2 aromatic carbocycles. The highest BCUT2D eigenvalue weighted by Crippen LogP contribution is 2.30. The van der Waals surface area contributed by atoms with E-state index in [1.165, 1.54) is 0 Å². The monoisotopic (exact) mass is 329 g/mol. The standard InChI is InChI=1S/C16H15N3O3S/c20-15(14-10-21-12-8-4-5-9-13(12)22-14)18-19-16(23)17-11-6-2-1-3-7-11/h1-9,14H,10H2,(H,18,20)(H2,17,19,23)/t14-/m0/s1. The first kappa shape index (κ1) is 15.1. The van der Waals surface area contributed by atoms with Gasteiger partial charge in [-0.15, -0.1) is 0 Å². The molecule has 0 aliphatic carbocycles. The maximum absolute atomic E-state index is 12.1. The lowest BCUT2D eigenvalue weighted by Crippen LogP contribution is -2.51. The molecule has 3 rings (SSSR count). The number of benzene rings is 2. The van der Waals surface area contributed by atoms with E-state index in [1.54, 1.807) is 12.1 Å². The summed E-state index contributed by atoms with van der Waals surface area (Å²) in [6.07, 6.45) is -0.739. The molecule has 0 bridgehead atoms. The fraction of sp³-hybridized carbons (Fsp3) is 0.125. The molecular weight excluding hydrogens is 314 g/mol. The maximum atomic E-state index is 12.1. The summed E-state index contributed by atoms with van der Waals surface area (Å²) in [7, 11) is 0. The van der Waals surface area contributed by atoms with E-state index >= 15 is 0 Å². The van der Waals surface area contributed by atoms with Gasteiger partial charge in [0.2, 0.25) is 6.10 Å². The average molecular weight is 329 g/mol. The van der Waals surface area contributed by atoms with Crippen molar-refractivity contribution in [3.63, 3.8) is 0 Å². The van der Waals surface area contributed by atoms with Gasteiger partial charge in [-0.1, -0.05) is 30.3 Å². The first-order valence-corrected chi connectivity index (χ1v) is 7.43. The molecule has 1 heterocycles. The Bertz CT molecular complexity index is 709. The van der Waals surface area contributed by atoms with Gasteiger partial charge in [-0.05, 0) is 36.5 Å². The molecule has 0 fully saturated rings. The third-order valence-corrected chi connectivity index (χ3v) is 3.34. The van der Waals surface area contributed by atoms with E-state index in [9.17, 15) is 4.79 Å². The molecule has 7 heteroatoms. The fourth-order valence-corrected chi connectivity index (χ4v) is 2.20. The quantitative estimate of drug-likeness (QED) is 0.577. The van der Waals surface area contributed by atoms with Gasteiger partial charge in [0.1, 0.15) is 6.61 Å². The van der Waals surface area contributed by atoms with Crippen LogP contribution in [0.1, 0.15) is 0 Å². The van der Waals surface area contributed by atoms with Crippen molar-refractivity contribution in [2.45, 2.75) is 6.10 Å². The number of hydrazine groups is 1. The zero-order valence-corrected chi connectivity index (χ0v) is 12.9. The number of nitrogens with one attached hydrogen (secondary N) is 3. The zero-order chi connectivity index (χ0) is 16.1. The number of carbonyl (C=O) groups is 1. The van der Waals surface area contributed by atoms with Gasteiger partial charge in [-0.2, -0.15) is 0 Å². The van der Waals surface area contributed by atoms with Gasteiger partial charge in [0.15, 0.2) is 16.6 Å². The second kappa shape index (κ2) is 6.97. The van der Waals surface area contributed by atoms with Crippen molar-refractivity contribution in [2.24, 2.45) is 0 Å². The molecular formula is C16H15N3O3S. The van der Waals surface area contributed by atoms with Crippen molar-refractivity contribution in [1.29, 1.82) is 0 Å². The highest BCUT2D eigenvalue weighted by atomic mass is 32.1. The molecule has 1 aliphatic heterocycles. The van der Waals surface area contributed by atoms with Gasteiger partial charge in [-0.25, -0.2) is 0 Å². The molecule has 1 atom stereocenters. The Hall–Kier alpha value is -2.80. The molecule has 2 aromatic rings. The number of carbonyl (C=O) groups excluding carboxylic acids is 1. The highest BCUT2D eigenvalue weighted by Gasteiger charge is 2.27. The summed E-state index contributed by atoms with van der Waals surface area (Å²) in [5, 5.41) is 3.23. The number of ether oxygens (including phenoxy) is 2. The van der Waals surface area contributed by atoms with Gasteiger partial charge >= 0.3 is 0 Å². The van der Waals surface area contributed by atoms with Gasteiger partial charge in [0.05, 0.1) is 0 Å². The van der Waals surface area contributed by atoms with Crippen LogP contribution in [0.4, 0.5) is 5.69 Å². The lowest BCUT2D eigenvalue weighted by atomic mass is 10.2. The molecule has 0 radical (unpaired) electrons. The second-order valence-electron chi connectivity index (χ2n) is 4.80. The minimum atomic E-state index is -0.739. The molecule has 1 amide bonds. The molecule has 23 heavy (non-hydrogen) atoms. The van der Waals surface area contributed by atoms with Crippen LogP contribution in [0, 0.1) is 0 Å². The third-order valence-electron chi connectivity index (χ3n) is 3.13. The second-order valence-corrected chi connectivity index (χ2v) is 5.21. The minimum absolute atomic E-state index is 0.142. The van der Waals surface area contributed by atoms with Crippen LogP contribution in [0.2, 0.25) is 0 Å². The van der Waals surface area contributed by atoms with E-state index in [1.807, 2.05) is 42.5 Å². The van der Waals surface area contributed by atoms with Gasteiger partial charge < -0.3 is 14.8 Å². The van der Waals surface area contributed by atoms with Crippen LogP contribution in [0.3, 0.4) is 0 Å². The summed E-state index contributed by atoms with van der Waals surface area (Å²) >= 11 is 5.11. The largest absolute Gasteiger partial charge is 0.485 e. The Labute approximate surface area is 138 Å². The first-order chi connectivity index (χ1) is 11.2. The molecule has 0 saturated heterocycles. The average Bonchev–Trinajstić information content (AvgIpc) is 2.60. The van der Waals surface area contributed by atoms with E-state index in [2.05, 4.69) is 16.2 Å². The third kappa shape index (κ3) is 3.89. The van der Waals surface area contributed by atoms with Crippen LogP contribution in [0.25, 0.3) is 0 Å². The molecule has 0 spiro atoms. The van der Waals surface area contributed by atoms with Crippen LogP contribution in [-0.2, 0) is 4.79 Å². The topological polar surface area (TPSA) is 71.6 Å². The number of anilines is 1. The van der Waals surface area contributed by atoms with Gasteiger partial charge in [-0.3, -0.25) is 15.6 Å². The molecule has 0 saturated carbocycles. The molecule has 0 unspecified atom stereocenters. The number of rotatable bonds is 2. The smallest absolute Gasteiger partial charge is 0.283 e. The van der Waals surface area contributed by atoms with Gasteiger partial charge in [0.25, 0.3) is 5.91 Å². The van der Waals surface area contributed by atoms with Crippen LogP contribution in [0.15, 0.2) is 54.6 Å². The highest BCUT2D eigenvalue weighted by molar-refractivity contribution is 7.80. The van der Waals surface area contributed by atoms with Crippen molar-refractivity contribution in [3.05, 3.63) is 54.6 Å². The fourth-order valence-electron chi connectivity index (χ4n) is 2.03. The van der Waals surface area contributed by atoms with E-state index in [4.69, 9.17) is 21.7 Å². The van der Waals surface area contributed by atoms with Crippen LogP contribution in [0.5, 0.6) is 11.5 Å². The Morgan fingerprint density at radius 3 is 2.48 bits per heavy atom. The number of hydrogen-bond acceptors (Lipinski definition) is 4. The lowest BCUT2D eigenvalue weighted by Gasteiger charge is -2.25. The maximum Gasteiger partial charge on any atom is 0.283 e. The van der Waals surface area contributed by atoms with Crippen molar-refractivity contribution in [1.82, 2.24) is 10.9 Å². The SMILES string of the molecule is O=C(NNC(=S)Nc1ccccc1)[C@@H]1COc2ccccc2O1. The molecule has 118 valence electrons. The Morgan fingerprint density at radius 1 is 1.00 bits per heavy atom. The van der Waals surface area contributed by atoms with E-state index in [-0.39, 0.29) is 17.6 Å². The Kier molecular flexibility index (Phi) is 4.58. The summed E-state index contributed by atoms with van der Waals surface area (Å²) in [4.78, 5) is 12.1. The van der Waals surface area contributed by atoms with E-state index in [0.29, 0.717) is 11.5 Å². The van der Waals surface area contributed by atoms with Crippen LogP contribution >= 0.6 is 12.2 Å². The summed E-state index contributed by atoms with van der Waals surface area (Å²) in [6.45, 7) is 0.142. The lowest BCUT2D eigenvalue weighted by molar-refractivity contribution is -0.130. The molecule has 3 N–H and O–H groups in total. The van der Waals surface area contributed by atoms with Crippen LogP contribution in [-0.4, -0.2) is 23.7 Å². The predicted octanol–water partition coefficient (Wildman–Crippen LogP) is 1.84. The number of hydrogen-bond donors (Lipinski definition) is 3. The summed E-state index contributed by atoms with van der Waals surface area (Å²) in [6, 6.07) is 16.6. The van der Waals surface area contributed by atoms with Gasteiger partial charge in [0, 0.05) is 5.69 Å². The summed E-state index contributed by atoms with van der Waals surface area (Å²) in [5.74, 6) is 0.811. The summed E-state index contributed by atoms with van der Waals surface area (Å²) in [5.41, 5.74) is 5.97. The number of fused-ring (bicyclic) bond motifs is 1. The predicted molar refractivity (Wildman–Crippen MR) is 90.3 cm³/mol. The molecule has 1 aliphatic rings. The zero-order valence-electron chi connectivity index (χ0n) is 12.1. The Balaban J connectivity index is 1.49. The number of thiocarbonyl (C=S) groups is 1. The van der Waals surface area contributed by atoms with Crippen molar-refractivity contribution in [2.75, 3.05) is 11.9 Å². The van der Waals surface area contributed by atoms with Crippen molar-refractivity contribution < 1.29 is 14.3 Å². The van der Waals surface area contributed by atoms with Crippen molar-refractivity contribution in [3.8, 4) is 11.5 Å². The van der Waals surface area contributed by atoms with E-state index < -0.39 is 6.10 Å². The first-order valence-electron chi connectivity index (χ1n) is 7.03. The van der Waals surface area contributed by atoms with Crippen molar-refractivity contribution >= 4 is 28.9 Å². The number of amides is 1. The number of para-hydroxylation sites is 3. The molecule has 0 aromatic heterocycles. The van der Waals surface area contributed by atoms with E-state index in [0.717, 1.165) is 5.69 Å².